The number of halogens is 1. The van der Waals surface area contributed by atoms with Crippen molar-refractivity contribution in [1.82, 2.24) is 61.2 Å². The molecule has 0 saturated carbocycles. The molecule has 9 rings (SSSR count). The van der Waals surface area contributed by atoms with E-state index in [1.54, 1.807) is 34.6 Å². The van der Waals surface area contributed by atoms with Gasteiger partial charge in [0.1, 0.15) is 52.8 Å². The predicted molar refractivity (Wildman–Crippen MR) is 294 cm³/mol. The van der Waals surface area contributed by atoms with Crippen LogP contribution in [0.15, 0.2) is 90.1 Å². The van der Waals surface area contributed by atoms with E-state index in [0.717, 1.165) is 43.3 Å². The van der Waals surface area contributed by atoms with Gasteiger partial charge >= 0.3 is 0 Å². The number of thiophene rings is 1. The molecule has 1 fully saturated rings. The molecular weight excluding hydrogens is 1030 g/mol. The van der Waals surface area contributed by atoms with Crippen molar-refractivity contribution in [3.8, 4) is 16.1 Å². The predicted octanol–water partition coefficient (Wildman–Crippen LogP) is 5.21. The van der Waals surface area contributed by atoms with Crippen molar-refractivity contribution < 1.29 is 33.5 Å². The first-order valence-corrected chi connectivity index (χ1v) is 27.3. The SMILES string of the molecule is Cc1sc2c(c1C)C(c1ccc(Cl)cc1)=N[C@@H](CC(=O)NC[C@H]1NC(=O)[C@@H](C)NC(=O)[C@@H](Cc3ccc(-c4ccccc4)cc3)NC(=O)[C@@H]3CCCN3C(=O)[C@H](C(C)(C)C)n3cc(nn3)COCCNC1=O)c1nnc(C)n1-2. The molecule has 0 aliphatic carbocycles. The largest absolute Gasteiger partial charge is 0.373 e. The van der Waals surface area contributed by atoms with Gasteiger partial charge in [0, 0.05) is 47.1 Å². The Kier molecular flexibility index (Phi) is 16.6. The van der Waals surface area contributed by atoms with Crippen molar-refractivity contribution in [3.05, 3.63) is 135 Å². The zero-order valence-corrected chi connectivity index (χ0v) is 46.2. The number of benzene rings is 3. The van der Waals surface area contributed by atoms with Gasteiger partial charge in [0.25, 0.3) is 0 Å². The molecule has 6 atom stereocenters. The normalized spacial score (nSPS) is 21.8. The molecule has 408 valence electrons. The van der Waals surface area contributed by atoms with Crippen LogP contribution in [-0.4, -0.2) is 126 Å². The standard InChI is InChI=1S/C56H64ClN13O7S/c1-31-33(3)78-55-46(31)47(38-19-21-39(57)22-20-38)61-41(49-66-64-34(4)70(49)55)27-45(71)59-28-43-51(73)58-23-25-77-30-40-29-69(67-65-40)48(56(5,6)7)54(76)68-24-11-14-44(68)53(75)62-42(52(74)60-32(2)50(72)63-43)26-35-15-17-37(18-16-35)36-12-9-8-10-13-36/h8-10,12-13,15-22,29,32,41-44,48H,11,14,23-28,30H2,1-7H3,(H,58,73)(H,59,71)(H,60,74)(H,62,75)(H,63,72)/t32-,41+,42-,43-,44+,48-/m1/s1. The number of ether oxygens (including phenoxy) is 1. The molecule has 6 aromatic rings. The third kappa shape index (κ3) is 12.2. The third-order valence-electron chi connectivity index (χ3n) is 14.3. The van der Waals surface area contributed by atoms with Crippen LogP contribution in [-0.2, 0) is 46.5 Å². The Hall–Kier alpha value is -7.62. The van der Waals surface area contributed by atoms with Crippen molar-refractivity contribution in [2.75, 3.05) is 26.2 Å². The summed E-state index contributed by atoms with van der Waals surface area (Å²) in [5.41, 5.74) is 5.85. The molecule has 5 N–H and O–H groups in total. The molecule has 6 amide bonds. The molecule has 6 heterocycles. The number of fused-ring (bicyclic) bond motifs is 6. The molecular formula is C56H64ClN13O7S. The molecule has 3 aliphatic rings. The van der Waals surface area contributed by atoms with Gasteiger partial charge in [-0.3, -0.25) is 38.3 Å². The lowest BCUT2D eigenvalue weighted by Crippen LogP contribution is -2.59. The van der Waals surface area contributed by atoms with E-state index in [9.17, 15) is 28.8 Å². The highest BCUT2D eigenvalue weighted by molar-refractivity contribution is 7.15. The number of nitrogens with zero attached hydrogens (tertiary/aromatic N) is 8. The number of hydrogen-bond donors (Lipinski definition) is 5. The Morgan fingerprint density at radius 2 is 1.54 bits per heavy atom. The van der Waals surface area contributed by atoms with Crippen LogP contribution >= 0.6 is 22.9 Å². The number of rotatable bonds is 8. The molecule has 3 aromatic carbocycles. The number of aliphatic imine (C=N–C) groups is 1. The van der Waals surface area contributed by atoms with E-state index in [1.807, 2.05) is 113 Å². The second-order valence-corrected chi connectivity index (χ2v) is 22.7. The van der Waals surface area contributed by atoms with Gasteiger partial charge in [0.15, 0.2) is 5.82 Å². The van der Waals surface area contributed by atoms with Gasteiger partial charge in [0.05, 0.1) is 31.5 Å². The highest BCUT2D eigenvalue weighted by atomic mass is 35.5. The van der Waals surface area contributed by atoms with Gasteiger partial charge in [-0.1, -0.05) is 104 Å². The van der Waals surface area contributed by atoms with Gasteiger partial charge < -0.3 is 36.2 Å². The molecule has 3 aliphatic heterocycles. The summed E-state index contributed by atoms with van der Waals surface area (Å²) < 4.78 is 9.30. The summed E-state index contributed by atoms with van der Waals surface area (Å²) in [5, 5.41) is 33.0. The first-order valence-electron chi connectivity index (χ1n) is 26.1. The van der Waals surface area contributed by atoms with E-state index in [2.05, 4.69) is 47.1 Å². The molecule has 0 unspecified atom stereocenters. The number of carbonyl (C=O) groups excluding carboxylic acids is 6. The molecule has 3 aromatic heterocycles. The van der Waals surface area contributed by atoms with Gasteiger partial charge in [-0.05, 0) is 80.3 Å². The highest BCUT2D eigenvalue weighted by Gasteiger charge is 2.44. The van der Waals surface area contributed by atoms with E-state index < -0.39 is 71.2 Å². The Labute approximate surface area is 461 Å². The molecule has 20 nitrogen and oxygen atoms in total. The van der Waals surface area contributed by atoms with E-state index in [1.165, 1.54) is 11.6 Å². The smallest absolute Gasteiger partial charge is 0.248 e. The van der Waals surface area contributed by atoms with Gasteiger partial charge in [-0.15, -0.1) is 26.6 Å². The highest BCUT2D eigenvalue weighted by Crippen LogP contribution is 2.40. The summed E-state index contributed by atoms with van der Waals surface area (Å²) in [7, 11) is 0. The summed E-state index contributed by atoms with van der Waals surface area (Å²) >= 11 is 7.89. The average molecular weight is 1100 g/mol. The van der Waals surface area contributed by atoms with Crippen LogP contribution in [0.1, 0.15) is 104 Å². The van der Waals surface area contributed by atoms with E-state index >= 15 is 0 Å². The number of aryl methyl sites for hydroxylation is 2. The fourth-order valence-electron chi connectivity index (χ4n) is 10.1. The van der Waals surface area contributed by atoms with Crippen LogP contribution in [0.5, 0.6) is 0 Å². The Bertz CT molecular complexity index is 3240. The fourth-order valence-corrected chi connectivity index (χ4v) is 11.4. The number of nitrogens with one attached hydrogen (secondary N) is 5. The van der Waals surface area contributed by atoms with Crippen molar-refractivity contribution in [1.29, 1.82) is 0 Å². The first-order chi connectivity index (χ1) is 37.3. The second-order valence-electron chi connectivity index (χ2n) is 21.0. The van der Waals surface area contributed by atoms with Crippen LogP contribution in [0.25, 0.3) is 16.1 Å². The lowest BCUT2D eigenvalue weighted by molar-refractivity contribution is -0.144. The number of amides is 6. The topological polar surface area (TPSA) is 249 Å². The van der Waals surface area contributed by atoms with E-state index in [4.69, 9.17) is 21.3 Å². The molecule has 0 spiro atoms. The Morgan fingerprint density at radius 3 is 2.27 bits per heavy atom. The number of carbonyl (C=O) groups is 6. The first kappa shape index (κ1) is 55.1. The molecule has 2 bridgehead atoms. The van der Waals surface area contributed by atoms with Crippen LogP contribution in [0.2, 0.25) is 5.02 Å². The van der Waals surface area contributed by atoms with Crippen LogP contribution in [0.3, 0.4) is 0 Å². The van der Waals surface area contributed by atoms with E-state index in [0.29, 0.717) is 47.5 Å². The lowest BCUT2D eigenvalue weighted by atomic mass is 9.85. The third-order valence-corrected chi connectivity index (χ3v) is 15.7. The lowest BCUT2D eigenvalue weighted by Gasteiger charge is -2.35. The number of aromatic nitrogens is 6. The Morgan fingerprint density at radius 1 is 0.833 bits per heavy atom. The van der Waals surface area contributed by atoms with Crippen molar-refractivity contribution in [3.63, 3.8) is 0 Å². The maximum atomic E-state index is 14.6. The van der Waals surface area contributed by atoms with E-state index in [-0.39, 0.29) is 45.1 Å². The number of hydrogen-bond acceptors (Lipinski definition) is 13. The maximum absolute atomic E-state index is 14.6. The summed E-state index contributed by atoms with van der Waals surface area (Å²) in [6.07, 6.45) is 2.40. The van der Waals surface area contributed by atoms with Gasteiger partial charge in [-0.2, -0.15) is 0 Å². The summed E-state index contributed by atoms with van der Waals surface area (Å²) in [4.78, 5) is 93.7. The maximum Gasteiger partial charge on any atom is 0.248 e. The fraction of sp³-hybridized carbons (Fsp3) is 0.411. The summed E-state index contributed by atoms with van der Waals surface area (Å²) in [6, 6.07) is 18.5. The molecule has 22 heteroatoms. The minimum atomic E-state index is -1.33. The minimum absolute atomic E-state index is 0.00278. The monoisotopic (exact) mass is 1100 g/mol. The minimum Gasteiger partial charge on any atom is -0.373 e. The average Bonchev–Trinajstić information content (AvgIpc) is 4.40. The quantitative estimate of drug-likeness (QED) is 0.132. The van der Waals surface area contributed by atoms with Crippen molar-refractivity contribution >= 4 is 64.1 Å². The van der Waals surface area contributed by atoms with Crippen LogP contribution in [0, 0.1) is 26.2 Å². The second kappa shape index (κ2) is 23.5. The molecule has 1 saturated heterocycles. The van der Waals surface area contributed by atoms with Crippen molar-refractivity contribution in [2.45, 2.75) is 117 Å². The van der Waals surface area contributed by atoms with Gasteiger partial charge in [0.2, 0.25) is 35.4 Å². The van der Waals surface area contributed by atoms with Crippen molar-refractivity contribution in [2.24, 2.45) is 10.4 Å². The van der Waals surface area contributed by atoms with Crippen LogP contribution < -0.4 is 26.6 Å². The Balaban J connectivity index is 0.972. The summed E-state index contributed by atoms with van der Waals surface area (Å²) in [5.74, 6) is -2.31. The summed E-state index contributed by atoms with van der Waals surface area (Å²) in [6.45, 7) is 13.1. The molecule has 78 heavy (non-hydrogen) atoms. The molecule has 0 radical (unpaired) electrons. The van der Waals surface area contributed by atoms with Gasteiger partial charge in [-0.25, -0.2) is 4.68 Å². The van der Waals surface area contributed by atoms with Crippen LogP contribution in [0.4, 0.5) is 0 Å². The zero-order valence-electron chi connectivity index (χ0n) is 44.6. The zero-order chi connectivity index (χ0) is 55.4.